The largest absolute Gasteiger partial charge is 0.493 e. The van der Waals surface area contributed by atoms with Crippen molar-refractivity contribution >= 4 is 41.4 Å². The lowest BCUT2D eigenvalue weighted by Gasteiger charge is -2.12. The summed E-state index contributed by atoms with van der Waals surface area (Å²) in [5, 5.41) is 0.844. The van der Waals surface area contributed by atoms with Crippen molar-refractivity contribution in [1.29, 1.82) is 0 Å². The van der Waals surface area contributed by atoms with E-state index in [0.29, 0.717) is 28.7 Å². The Morgan fingerprint density at radius 3 is 2.08 bits per heavy atom. The molecule has 0 saturated heterocycles. The summed E-state index contributed by atoms with van der Waals surface area (Å²) >= 11 is 0. The lowest BCUT2D eigenvalue weighted by atomic mass is 10.2. The van der Waals surface area contributed by atoms with Crippen molar-refractivity contribution in [3.63, 3.8) is 0 Å². The second-order valence-corrected chi connectivity index (χ2v) is 4.70. The van der Waals surface area contributed by atoms with E-state index in [-0.39, 0.29) is 24.8 Å². The molecule has 128 valence electrons. The number of nitrogens with two attached hydrogens (primary N) is 1. The van der Waals surface area contributed by atoms with Gasteiger partial charge in [-0.25, -0.2) is 0 Å². The van der Waals surface area contributed by atoms with Gasteiger partial charge in [0, 0.05) is 23.3 Å². The first-order valence-corrected chi connectivity index (χ1v) is 6.75. The van der Waals surface area contributed by atoms with Crippen molar-refractivity contribution in [2.45, 2.75) is 0 Å². The third-order valence-corrected chi connectivity index (χ3v) is 3.31. The Labute approximate surface area is 152 Å². The van der Waals surface area contributed by atoms with Gasteiger partial charge in [0.1, 0.15) is 11.5 Å². The third kappa shape index (κ3) is 3.93. The van der Waals surface area contributed by atoms with Crippen LogP contribution in [0.5, 0.6) is 23.0 Å². The fraction of sp³-hybridized carbons (Fsp3) is 0.118. The van der Waals surface area contributed by atoms with Crippen molar-refractivity contribution in [1.82, 2.24) is 4.98 Å². The average Bonchev–Trinajstić information content (AvgIpc) is 2.56. The van der Waals surface area contributed by atoms with Gasteiger partial charge in [0.25, 0.3) is 0 Å². The fourth-order valence-electron chi connectivity index (χ4n) is 2.20. The number of halogens is 2. The van der Waals surface area contributed by atoms with E-state index < -0.39 is 0 Å². The van der Waals surface area contributed by atoms with Crippen LogP contribution in [0.2, 0.25) is 0 Å². The van der Waals surface area contributed by atoms with E-state index in [1.54, 1.807) is 32.5 Å². The molecule has 0 saturated carbocycles. The number of hydrogen-bond donors (Lipinski definition) is 1. The predicted molar refractivity (Wildman–Crippen MR) is 100 cm³/mol. The van der Waals surface area contributed by atoms with Crippen molar-refractivity contribution in [2.24, 2.45) is 0 Å². The molecule has 5 nitrogen and oxygen atoms in total. The van der Waals surface area contributed by atoms with E-state index in [2.05, 4.69) is 4.98 Å². The molecule has 2 N–H and O–H groups in total. The molecule has 0 fully saturated rings. The molecule has 0 radical (unpaired) electrons. The van der Waals surface area contributed by atoms with Gasteiger partial charge in [0.05, 0.1) is 19.7 Å². The van der Waals surface area contributed by atoms with Crippen LogP contribution < -0.4 is 19.9 Å². The first kappa shape index (κ1) is 19.7. The summed E-state index contributed by atoms with van der Waals surface area (Å²) in [4.78, 5) is 4.35. The molecule has 0 aliphatic carbocycles. The summed E-state index contributed by atoms with van der Waals surface area (Å²) in [5.41, 5.74) is 7.15. The van der Waals surface area contributed by atoms with Gasteiger partial charge in [-0.3, -0.25) is 4.98 Å². The number of fused-ring (bicyclic) bond motifs is 1. The fourth-order valence-corrected chi connectivity index (χ4v) is 2.20. The molecule has 0 spiro atoms. The second kappa shape index (κ2) is 8.47. The van der Waals surface area contributed by atoms with Crippen LogP contribution in [-0.4, -0.2) is 19.2 Å². The molecule has 1 aromatic heterocycles. The first-order chi connectivity index (χ1) is 10.7. The van der Waals surface area contributed by atoms with Gasteiger partial charge in [0.2, 0.25) is 0 Å². The maximum absolute atomic E-state index is 5.93. The smallest absolute Gasteiger partial charge is 0.162 e. The van der Waals surface area contributed by atoms with Gasteiger partial charge in [0.15, 0.2) is 11.5 Å². The zero-order chi connectivity index (χ0) is 15.5. The maximum Gasteiger partial charge on any atom is 0.162 e. The average molecular weight is 369 g/mol. The van der Waals surface area contributed by atoms with Crippen LogP contribution in [0.3, 0.4) is 0 Å². The van der Waals surface area contributed by atoms with Crippen molar-refractivity contribution in [3.8, 4) is 23.0 Å². The number of benzene rings is 2. The number of pyridine rings is 1. The van der Waals surface area contributed by atoms with Crippen LogP contribution in [0.15, 0.2) is 48.7 Å². The number of nitrogens with zero attached hydrogens (tertiary/aromatic N) is 1. The summed E-state index contributed by atoms with van der Waals surface area (Å²) < 4.78 is 16.6. The number of aromatic nitrogens is 1. The van der Waals surface area contributed by atoms with Gasteiger partial charge in [-0.2, -0.15) is 0 Å². The normalized spacial score (nSPS) is 9.58. The zero-order valence-corrected chi connectivity index (χ0v) is 14.8. The second-order valence-electron chi connectivity index (χ2n) is 4.70. The van der Waals surface area contributed by atoms with Crippen LogP contribution in [0.4, 0.5) is 5.69 Å². The highest BCUT2D eigenvalue weighted by Gasteiger charge is 2.11. The minimum Gasteiger partial charge on any atom is -0.493 e. The monoisotopic (exact) mass is 368 g/mol. The Morgan fingerprint density at radius 1 is 0.833 bits per heavy atom. The molecular formula is C17H18Cl2N2O3. The molecule has 0 unspecified atom stereocenters. The van der Waals surface area contributed by atoms with Crippen LogP contribution in [0.25, 0.3) is 10.9 Å². The van der Waals surface area contributed by atoms with Crippen LogP contribution in [-0.2, 0) is 0 Å². The minimum atomic E-state index is 0. The lowest BCUT2D eigenvalue weighted by Crippen LogP contribution is -1.93. The Kier molecular flexibility index (Phi) is 6.95. The van der Waals surface area contributed by atoms with Crippen molar-refractivity contribution in [2.75, 3.05) is 20.0 Å². The molecule has 0 aliphatic rings. The molecule has 3 rings (SSSR count). The molecular weight excluding hydrogens is 351 g/mol. The molecule has 7 heteroatoms. The van der Waals surface area contributed by atoms with Crippen LogP contribution >= 0.6 is 24.8 Å². The number of methoxy groups -OCH3 is 2. The quantitative estimate of drug-likeness (QED) is 0.688. The number of anilines is 1. The summed E-state index contributed by atoms with van der Waals surface area (Å²) in [7, 11) is 3.19. The lowest BCUT2D eigenvalue weighted by molar-refractivity contribution is 0.355. The molecule has 24 heavy (non-hydrogen) atoms. The van der Waals surface area contributed by atoms with Gasteiger partial charge >= 0.3 is 0 Å². The molecule has 1 heterocycles. The van der Waals surface area contributed by atoms with E-state index in [1.165, 1.54) is 0 Å². The molecule has 0 bridgehead atoms. The molecule has 0 aliphatic heterocycles. The van der Waals surface area contributed by atoms with E-state index in [9.17, 15) is 0 Å². The summed E-state index contributed by atoms with van der Waals surface area (Å²) in [6.07, 6.45) is 1.70. The third-order valence-electron chi connectivity index (χ3n) is 3.31. The van der Waals surface area contributed by atoms with Crippen molar-refractivity contribution < 1.29 is 14.2 Å². The predicted octanol–water partition coefficient (Wildman–Crippen LogP) is 4.47. The minimum absolute atomic E-state index is 0. The van der Waals surface area contributed by atoms with Crippen molar-refractivity contribution in [3.05, 3.63) is 48.7 Å². The first-order valence-electron chi connectivity index (χ1n) is 6.75. The van der Waals surface area contributed by atoms with Gasteiger partial charge in [-0.05, 0) is 36.4 Å². The van der Waals surface area contributed by atoms with Gasteiger partial charge in [-0.15, -0.1) is 24.8 Å². The highest BCUT2D eigenvalue weighted by atomic mass is 35.5. The van der Waals surface area contributed by atoms with E-state index in [4.69, 9.17) is 19.9 Å². The maximum atomic E-state index is 5.93. The molecule has 0 atom stereocenters. The SMILES string of the molecule is COc1cc2nccc(Oc3ccc(N)cc3)c2cc1OC.Cl.Cl. The van der Waals surface area contributed by atoms with Gasteiger partial charge < -0.3 is 19.9 Å². The summed E-state index contributed by atoms with van der Waals surface area (Å²) in [6.45, 7) is 0. The topological polar surface area (TPSA) is 66.6 Å². The van der Waals surface area contributed by atoms with Gasteiger partial charge in [-0.1, -0.05) is 0 Å². The molecule has 3 aromatic rings. The molecule has 0 amide bonds. The number of hydrogen-bond acceptors (Lipinski definition) is 5. The Balaban J connectivity index is 0.00000144. The Morgan fingerprint density at radius 2 is 1.46 bits per heavy atom. The highest BCUT2D eigenvalue weighted by molar-refractivity contribution is 5.88. The van der Waals surface area contributed by atoms with E-state index >= 15 is 0 Å². The Bertz CT molecular complexity index is 811. The van der Waals surface area contributed by atoms with Crippen LogP contribution in [0, 0.1) is 0 Å². The standard InChI is InChI=1S/C17H16N2O3.2ClH/c1-20-16-9-13-14(10-17(16)21-2)19-8-7-15(13)22-12-5-3-11(18)4-6-12;;/h3-10H,18H2,1-2H3;2*1H. The highest BCUT2D eigenvalue weighted by Crippen LogP contribution is 2.36. The summed E-state index contributed by atoms with van der Waals surface area (Å²) in [5.74, 6) is 2.66. The summed E-state index contributed by atoms with van der Waals surface area (Å²) in [6, 6.07) is 12.7. The number of rotatable bonds is 4. The van der Waals surface area contributed by atoms with E-state index in [0.717, 1.165) is 10.9 Å². The van der Waals surface area contributed by atoms with Crippen LogP contribution in [0.1, 0.15) is 0 Å². The number of ether oxygens (including phenoxy) is 3. The number of nitrogen functional groups attached to an aromatic ring is 1. The molecule has 2 aromatic carbocycles. The zero-order valence-electron chi connectivity index (χ0n) is 13.2. The Hall–Kier alpha value is -2.37. The van der Waals surface area contributed by atoms with E-state index in [1.807, 2.05) is 30.3 Å².